The first-order valence-electron chi connectivity index (χ1n) is 8.76. The zero-order valence-corrected chi connectivity index (χ0v) is 19.8. The quantitative estimate of drug-likeness (QED) is 0.286. The number of para-hydroxylation sites is 2. The molecule has 0 N–H and O–H groups in total. The second kappa shape index (κ2) is 12.5. The van der Waals surface area contributed by atoms with Crippen LogP contribution in [0.4, 0.5) is 11.4 Å². The SMILES string of the molecule is [Ni].[Se]C(=CC=Nc1ccccc1N=CC=C([Se])c1ccccc1)c1ccccc1. The van der Waals surface area contributed by atoms with E-state index in [0.717, 1.165) is 31.4 Å². The Morgan fingerprint density at radius 3 is 1.28 bits per heavy atom. The molecule has 0 saturated carbocycles. The van der Waals surface area contributed by atoms with Crippen LogP contribution in [0.15, 0.2) is 107 Å². The molecule has 0 aromatic heterocycles. The maximum absolute atomic E-state index is 4.56. The van der Waals surface area contributed by atoms with E-state index in [9.17, 15) is 0 Å². The number of aliphatic imine (C=N–C) groups is 2. The van der Waals surface area contributed by atoms with Crippen LogP contribution in [0.2, 0.25) is 0 Å². The molecule has 146 valence electrons. The van der Waals surface area contributed by atoms with Crippen molar-refractivity contribution in [3.05, 3.63) is 108 Å². The molecule has 0 unspecified atom stereocenters. The van der Waals surface area contributed by atoms with E-state index in [1.807, 2.05) is 72.8 Å². The minimum absolute atomic E-state index is 0. The van der Waals surface area contributed by atoms with Crippen molar-refractivity contribution >= 4 is 64.8 Å². The fourth-order valence-electron chi connectivity index (χ4n) is 2.45. The fourth-order valence-corrected chi connectivity index (χ4v) is 3.28. The zero-order chi connectivity index (χ0) is 19.6. The molecule has 0 heterocycles. The van der Waals surface area contributed by atoms with Gasteiger partial charge in [-0.2, -0.15) is 0 Å². The normalized spacial score (nSPS) is 12.3. The molecule has 29 heavy (non-hydrogen) atoms. The van der Waals surface area contributed by atoms with Crippen molar-refractivity contribution in [2.24, 2.45) is 9.98 Å². The summed E-state index contributed by atoms with van der Waals surface area (Å²) in [4.78, 5) is 9.13. The summed E-state index contributed by atoms with van der Waals surface area (Å²) in [7, 11) is 0. The van der Waals surface area contributed by atoms with Crippen molar-refractivity contribution in [1.29, 1.82) is 0 Å². The number of hydrogen-bond donors (Lipinski definition) is 0. The molecule has 0 bridgehead atoms. The van der Waals surface area contributed by atoms with Gasteiger partial charge in [-0.05, 0) is 0 Å². The Labute approximate surface area is 198 Å². The van der Waals surface area contributed by atoms with Gasteiger partial charge < -0.3 is 0 Å². The van der Waals surface area contributed by atoms with Gasteiger partial charge in [0.05, 0.1) is 0 Å². The molecule has 0 saturated heterocycles. The van der Waals surface area contributed by atoms with Crippen LogP contribution in [0.25, 0.3) is 8.94 Å². The van der Waals surface area contributed by atoms with Crippen LogP contribution in [0.5, 0.6) is 0 Å². The van der Waals surface area contributed by atoms with Gasteiger partial charge in [-0.15, -0.1) is 0 Å². The molecule has 0 amide bonds. The van der Waals surface area contributed by atoms with Gasteiger partial charge in [0.2, 0.25) is 0 Å². The molecule has 3 aromatic carbocycles. The molecule has 5 heteroatoms. The van der Waals surface area contributed by atoms with Crippen LogP contribution in [0.3, 0.4) is 0 Å². The van der Waals surface area contributed by atoms with Crippen LogP contribution >= 0.6 is 0 Å². The first kappa shape index (κ1) is 23.3. The number of hydrogen-bond acceptors (Lipinski definition) is 2. The van der Waals surface area contributed by atoms with Crippen molar-refractivity contribution in [3.8, 4) is 0 Å². The number of nitrogens with zero attached hydrogens (tertiary/aromatic N) is 2. The molecule has 2 nitrogen and oxygen atoms in total. The summed E-state index contributed by atoms with van der Waals surface area (Å²) in [5, 5.41) is 0. The number of allylic oxidation sites excluding steroid dienone is 2. The first-order chi connectivity index (χ1) is 13.7. The second-order valence-electron chi connectivity index (χ2n) is 5.84. The van der Waals surface area contributed by atoms with Crippen LogP contribution in [0, 0.1) is 0 Å². The van der Waals surface area contributed by atoms with Crippen molar-refractivity contribution in [1.82, 2.24) is 0 Å². The topological polar surface area (TPSA) is 24.7 Å². The van der Waals surface area contributed by atoms with Crippen LogP contribution in [-0.2, 0) is 16.5 Å². The van der Waals surface area contributed by atoms with E-state index in [4.69, 9.17) is 0 Å². The summed E-state index contributed by atoms with van der Waals surface area (Å²) < 4.78 is 2.09. The van der Waals surface area contributed by atoms with Gasteiger partial charge in [-0.3, -0.25) is 0 Å². The molecule has 0 fully saturated rings. The summed E-state index contributed by atoms with van der Waals surface area (Å²) in [6.45, 7) is 0. The van der Waals surface area contributed by atoms with E-state index in [1.54, 1.807) is 12.4 Å². The summed E-state index contributed by atoms with van der Waals surface area (Å²) in [6, 6.07) is 28.2. The van der Waals surface area contributed by atoms with E-state index in [2.05, 4.69) is 66.3 Å². The van der Waals surface area contributed by atoms with E-state index >= 15 is 0 Å². The van der Waals surface area contributed by atoms with Gasteiger partial charge in [0.1, 0.15) is 0 Å². The molecular weight excluding hydrogens is 533 g/mol. The van der Waals surface area contributed by atoms with Crippen molar-refractivity contribution < 1.29 is 16.5 Å². The zero-order valence-electron chi connectivity index (χ0n) is 15.4. The Bertz CT molecular complexity index is 943. The van der Waals surface area contributed by atoms with Gasteiger partial charge in [-0.1, -0.05) is 0 Å². The number of benzene rings is 3. The Morgan fingerprint density at radius 1 is 0.552 bits per heavy atom. The van der Waals surface area contributed by atoms with Gasteiger partial charge in [0.15, 0.2) is 0 Å². The Morgan fingerprint density at radius 2 is 0.897 bits per heavy atom. The molecule has 0 atom stereocenters. The molecule has 0 aliphatic heterocycles. The van der Waals surface area contributed by atoms with Crippen LogP contribution < -0.4 is 0 Å². The molecule has 0 spiro atoms. The summed E-state index contributed by atoms with van der Waals surface area (Å²) in [6.07, 6.45) is 7.52. The van der Waals surface area contributed by atoms with Crippen LogP contribution in [0.1, 0.15) is 11.1 Å². The predicted octanol–water partition coefficient (Wildman–Crippen LogP) is 5.51. The third-order valence-electron chi connectivity index (χ3n) is 3.88. The Balaban J connectivity index is 0.00000300. The standard InChI is InChI=1S/C24H18N2Se2.Ni/c27-23(19-9-3-1-4-10-19)15-17-25-21-13-7-8-14-22(21)26-18-16-24(28)20-11-5-2-6-12-20;/h1-18H;. The Hall–Kier alpha value is -1.99. The molecule has 0 aliphatic rings. The maximum atomic E-state index is 4.56. The van der Waals surface area contributed by atoms with E-state index < -0.39 is 0 Å². The van der Waals surface area contributed by atoms with Crippen molar-refractivity contribution in [2.45, 2.75) is 0 Å². The van der Waals surface area contributed by atoms with Crippen LogP contribution in [-0.4, -0.2) is 44.5 Å². The second-order valence-corrected chi connectivity index (χ2v) is 7.68. The molecule has 3 rings (SSSR count). The molecule has 2 radical (unpaired) electrons. The third-order valence-corrected chi connectivity index (χ3v) is 5.44. The van der Waals surface area contributed by atoms with Gasteiger partial charge >= 0.3 is 183 Å². The van der Waals surface area contributed by atoms with E-state index in [-0.39, 0.29) is 16.5 Å². The monoisotopic (exact) mass is 552 g/mol. The predicted molar refractivity (Wildman–Crippen MR) is 123 cm³/mol. The van der Waals surface area contributed by atoms with Crippen molar-refractivity contribution in [3.63, 3.8) is 0 Å². The number of rotatable bonds is 6. The van der Waals surface area contributed by atoms with Crippen molar-refractivity contribution in [2.75, 3.05) is 0 Å². The van der Waals surface area contributed by atoms with Gasteiger partial charge in [0.25, 0.3) is 0 Å². The average molecular weight is 551 g/mol. The van der Waals surface area contributed by atoms with Gasteiger partial charge in [-0.25, -0.2) is 0 Å². The minimum atomic E-state index is 0. The summed E-state index contributed by atoms with van der Waals surface area (Å²) in [5.74, 6) is 0. The van der Waals surface area contributed by atoms with Gasteiger partial charge in [0, 0.05) is 16.5 Å². The first-order valence-corrected chi connectivity index (χ1v) is 10.5. The molecule has 0 aliphatic carbocycles. The fraction of sp³-hybridized carbons (Fsp3) is 0. The summed E-state index contributed by atoms with van der Waals surface area (Å²) in [5.41, 5.74) is 3.92. The average Bonchev–Trinajstić information content (AvgIpc) is 2.76. The summed E-state index contributed by atoms with van der Waals surface area (Å²) >= 11 is 6.17. The third kappa shape index (κ3) is 7.40. The van der Waals surface area contributed by atoms with E-state index in [0.29, 0.717) is 0 Å². The molecule has 3 aromatic rings. The van der Waals surface area contributed by atoms with E-state index in [1.165, 1.54) is 0 Å². The molecular formula is C24H18N2NiSe2. The Kier molecular flexibility index (Phi) is 10.1.